The summed E-state index contributed by atoms with van der Waals surface area (Å²) in [4.78, 5) is 24.1. The fraction of sp³-hybridized carbons (Fsp3) is 0.300. The molecule has 0 aliphatic carbocycles. The average molecular weight is 370 g/mol. The number of imide groups is 1. The van der Waals surface area contributed by atoms with E-state index in [4.69, 9.17) is 0 Å². The van der Waals surface area contributed by atoms with E-state index in [-0.39, 0.29) is 0 Å². The van der Waals surface area contributed by atoms with Crippen LogP contribution in [0.4, 0.5) is 4.79 Å². The largest absolute Gasteiger partial charge is 0.392 e. The van der Waals surface area contributed by atoms with Crippen LogP contribution in [0.1, 0.15) is 24.0 Å². The van der Waals surface area contributed by atoms with Gasteiger partial charge in [-0.05, 0) is 18.1 Å². The average Bonchev–Trinajstić information content (AvgIpc) is 2.89. The molecule has 136 valence electrons. The van der Waals surface area contributed by atoms with Crippen LogP contribution in [0.3, 0.4) is 0 Å². The molecule has 5 nitrogen and oxygen atoms in total. The van der Waals surface area contributed by atoms with E-state index in [9.17, 15) is 14.7 Å². The number of rotatable bonds is 7. The summed E-state index contributed by atoms with van der Waals surface area (Å²) in [5, 5.41) is 15.9. The van der Waals surface area contributed by atoms with Gasteiger partial charge < -0.3 is 10.4 Å². The number of carbonyl (C=O) groups is 2. The monoisotopic (exact) mass is 370 g/mol. The quantitative estimate of drug-likeness (QED) is 0.655. The van der Waals surface area contributed by atoms with Gasteiger partial charge in [0, 0.05) is 17.4 Å². The van der Waals surface area contributed by atoms with Crippen molar-refractivity contribution in [1.29, 1.82) is 0 Å². The normalized spacial score (nSPS) is 21.8. The molecular weight excluding hydrogens is 348 g/mol. The molecule has 1 fully saturated rings. The van der Waals surface area contributed by atoms with Crippen molar-refractivity contribution in [3.8, 4) is 0 Å². The predicted octanol–water partition coefficient (Wildman–Crippen LogP) is 2.66. The number of hydrogen-bond donors (Lipinski definition) is 3. The van der Waals surface area contributed by atoms with Crippen molar-refractivity contribution in [2.45, 2.75) is 30.2 Å². The molecule has 3 amide bonds. The second-order valence-corrected chi connectivity index (χ2v) is 7.60. The number of benzene rings is 2. The molecule has 2 aromatic carbocycles. The van der Waals surface area contributed by atoms with Crippen LogP contribution >= 0.6 is 11.8 Å². The minimum absolute atomic E-state index is 0.413. The minimum atomic E-state index is -1.19. The first kappa shape index (κ1) is 18.5. The number of amides is 3. The van der Waals surface area contributed by atoms with Crippen LogP contribution in [0, 0.1) is 0 Å². The van der Waals surface area contributed by atoms with Crippen LogP contribution in [0.5, 0.6) is 0 Å². The van der Waals surface area contributed by atoms with Gasteiger partial charge in [-0.3, -0.25) is 10.1 Å². The molecule has 2 aromatic rings. The molecule has 1 heterocycles. The van der Waals surface area contributed by atoms with Gasteiger partial charge >= 0.3 is 6.03 Å². The Bertz CT molecular complexity index is 769. The number of thioether (sulfide) groups is 1. The summed E-state index contributed by atoms with van der Waals surface area (Å²) >= 11 is 1.60. The smallest absolute Gasteiger partial charge is 0.322 e. The molecule has 0 radical (unpaired) electrons. The van der Waals surface area contributed by atoms with Gasteiger partial charge in [0.25, 0.3) is 5.91 Å². The Hall–Kier alpha value is -2.31. The molecule has 0 spiro atoms. The Labute approximate surface area is 157 Å². The van der Waals surface area contributed by atoms with E-state index in [1.807, 2.05) is 60.7 Å². The highest BCUT2D eigenvalue weighted by Gasteiger charge is 2.51. The third kappa shape index (κ3) is 3.92. The Kier molecular flexibility index (Phi) is 5.64. The SMILES string of the molecule is C[C@]1(C(c2ccccc2)[C@@H](O)CSCc2ccccc2)NC(=O)NC1=O. The lowest BCUT2D eigenvalue weighted by atomic mass is 9.77. The Balaban J connectivity index is 1.77. The maximum atomic E-state index is 12.4. The van der Waals surface area contributed by atoms with Crippen molar-refractivity contribution in [1.82, 2.24) is 10.6 Å². The second-order valence-electron chi connectivity index (χ2n) is 6.57. The number of nitrogens with one attached hydrogen (secondary N) is 2. The molecule has 3 atom stereocenters. The van der Waals surface area contributed by atoms with Crippen LogP contribution in [0.25, 0.3) is 0 Å². The zero-order valence-corrected chi connectivity index (χ0v) is 15.3. The maximum Gasteiger partial charge on any atom is 0.322 e. The highest BCUT2D eigenvalue weighted by Crippen LogP contribution is 2.35. The van der Waals surface area contributed by atoms with E-state index in [2.05, 4.69) is 10.6 Å². The third-order valence-electron chi connectivity index (χ3n) is 4.64. The standard InChI is InChI=1S/C20H22N2O3S/c1-20(18(24)21-19(25)22-20)17(15-10-6-3-7-11-15)16(23)13-26-12-14-8-4-2-5-9-14/h2-11,16-17,23H,12-13H2,1H3,(H2,21,22,24,25)/t16-,17?,20+/m0/s1. The van der Waals surface area contributed by atoms with Crippen molar-refractivity contribution in [2.24, 2.45) is 0 Å². The van der Waals surface area contributed by atoms with Gasteiger partial charge in [0.2, 0.25) is 0 Å². The first-order chi connectivity index (χ1) is 12.5. The van der Waals surface area contributed by atoms with Crippen molar-refractivity contribution in [3.05, 3.63) is 71.8 Å². The highest BCUT2D eigenvalue weighted by atomic mass is 32.2. The highest BCUT2D eigenvalue weighted by molar-refractivity contribution is 7.98. The molecule has 3 rings (SSSR count). The fourth-order valence-corrected chi connectivity index (χ4v) is 4.32. The number of carbonyl (C=O) groups excluding carboxylic acids is 2. The van der Waals surface area contributed by atoms with Gasteiger partial charge in [0.1, 0.15) is 5.54 Å². The number of hydrogen-bond acceptors (Lipinski definition) is 4. The predicted molar refractivity (Wildman–Crippen MR) is 103 cm³/mol. The topological polar surface area (TPSA) is 78.4 Å². The number of urea groups is 1. The number of aliphatic hydroxyl groups is 1. The fourth-order valence-electron chi connectivity index (χ4n) is 3.34. The molecule has 6 heteroatoms. The van der Waals surface area contributed by atoms with E-state index >= 15 is 0 Å². The summed E-state index contributed by atoms with van der Waals surface area (Å²) in [5.41, 5.74) is 0.810. The first-order valence-corrected chi connectivity index (χ1v) is 9.64. The Morgan fingerprint density at radius 2 is 1.65 bits per heavy atom. The Morgan fingerprint density at radius 3 is 2.23 bits per heavy atom. The van der Waals surface area contributed by atoms with Crippen LogP contribution < -0.4 is 10.6 Å². The van der Waals surface area contributed by atoms with Crippen LogP contribution in [-0.2, 0) is 10.5 Å². The van der Waals surface area contributed by atoms with E-state index in [0.717, 1.165) is 11.3 Å². The van der Waals surface area contributed by atoms with Gasteiger partial charge in [-0.15, -0.1) is 0 Å². The molecule has 1 saturated heterocycles. The second kappa shape index (κ2) is 7.93. The summed E-state index contributed by atoms with van der Waals surface area (Å²) < 4.78 is 0. The van der Waals surface area contributed by atoms with E-state index in [1.165, 1.54) is 5.56 Å². The molecule has 0 saturated carbocycles. The van der Waals surface area contributed by atoms with Gasteiger partial charge in [-0.25, -0.2) is 4.79 Å². The molecular formula is C20H22N2O3S. The van der Waals surface area contributed by atoms with Gasteiger partial charge in [-0.1, -0.05) is 60.7 Å². The van der Waals surface area contributed by atoms with Crippen LogP contribution in [-0.4, -0.2) is 34.4 Å². The van der Waals surface area contributed by atoms with E-state index in [1.54, 1.807) is 18.7 Å². The summed E-state index contributed by atoms with van der Waals surface area (Å²) in [7, 11) is 0. The van der Waals surface area contributed by atoms with Crippen molar-refractivity contribution in [3.63, 3.8) is 0 Å². The van der Waals surface area contributed by atoms with Crippen molar-refractivity contribution in [2.75, 3.05) is 5.75 Å². The molecule has 1 unspecified atom stereocenters. The molecule has 1 aliphatic rings. The third-order valence-corrected chi connectivity index (χ3v) is 5.75. The van der Waals surface area contributed by atoms with Crippen LogP contribution in [0.15, 0.2) is 60.7 Å². The molecule has 3 N–H and O–H groups in total. The van der Waals surface area contributed by atoms with Crippen molar-refractivity contribution >= 4 is 23.7 Å². The minimum Gasteiger partial charge on any atom is -0.392 e. The van der Waals surface area contributed by atoms with E-state index < -0.39 is 29.5 Å². The number of aliphatic hydroxyl groups excluding tert-OH is 1. The summed E-state index contributed by atoms with van der Waals surface area (Å²) in [6.07, 6.45) is -0.791. The zero-order valence-electron chi connectivity index (χ0n) is 14.5. The summed E-state index contributed by atoms with van der Waals surface area (Å²) in [5.74, 6) is 0.267. The zero-order chi connectivity index (χ0) is 18.6. The molecule has 0 aromatic heterocycles. The first-order valence-electron chi connectivity index (χ1n) is 8.49. The molecule has 26 heavy (non-hydrogen) atoms. The van der Waals surface area contributed by atoms with Crippen molar-refractivity contribution < 1.29 is 14.7 Å². The lowest BCUT2D eigenvalue weighted by Gasteiger charge is -2.35. The lowest BCUT2D eigenvalue weighted by molar-refractivity contribution is -0.125. The van der Waals surface area contributed by atoms with E-state index in [0.29, 0.717) is 5.75 Å². The van der Waals surface area contributed by atoms with Gasteiger partial charge in [-0.2, -0.15) is 11.8 Å². The Morgan fingerprint density at radius 1 is 1.04 bits per heavy atom. The maximum absolute atomic E-state index is 12.4. The lowest BCUT2D eigenvalue weighted by Crippen LogP contribution is -2.53. The van der Waals surface area contributed by atoms with Gasteiger partial charge in [0.15, 0.2) is 0 Å². The summed E-state index contributed by atoms with van der Waals surface area (Å²) in [6, 6.07) is 18.9. The summed E-state index contributed by atoms with van der Waals surface area (Å²) in [6.45, 7) is 1.66. The van der Waals surface area contributed by atoms with Gasteiger partial charge in [0.05, 0.1) is 6.10 Å². The molecule has 1 aliphatic heterocycles. The molecule has 0 bridgehead atoms. The van der Waals surface area contributed by atoms with Crippen LogP contribution in [0.2, 0.25) is 0 Å².